The van der Waals surface area contributed by atoms with E-state index in [4.69, 9.17) is 29.9 Å². The van der Waals surface area contributed by atoms with Crippen LogP contribution >= 0.6 is 0 Å². The van der Waals surface area contributed by atoms with E-state index < -0.39 is 23.5 Å². The van der Waals surface area contributed by atoms with E-state index >= 15 is 0 Å². The molecule has 9 nitrogen and oxygen atoms in total. The number of hydrogen-bond acceptors (Lipinski definition) is 7. The first-order valence-electron chi connectivity index (χ1n) is 28.6. The lowest BCUT2D eigenvalue weighted by molar-refractivity contribution is -0.143. The Bertz CT molecular complexity index is 5200. The van der Waals surface area contributed by atoms with Crippen molar-refractivity contribution < 1.29 is 26.3 Å². The van der Waals surface area contributed by atoms with E-state index in [0.717, 1.165) is 72.5 Å². The molecule has 0 saturated heterocycles. The molecule has 4 heterocycles. The Hall–Kier alpha value is -11.9. The molecule has 0 saturated carbocycles. The summed E-state index contributed by atoms with van der Waals surface area (Å²) in [5, 5.41) is 14.0. The van der Waals surface area contributed by atoms with Gasteiger partial charge in [0.25, 0.3) is 0 Å². The van der Waals surface area contributed by atoms with E-state index in [-0.39, 0.29) is 17.2 Å². The van der Waals surface area contributed by atoms with Crippen molar-refractivity contribution in [2.45, 2.75) is 12.4 Å². The van der Waals surface area contributed by atoms with Crippen LogP contribution in [0, 0.1) is 11.3 Å². The van der Waals surface area contributed by atoms with Gasteiger partial charge in [-0.3, -0.25) is 0 Å². The first kappa shape index (κ1) is 54.7. The number of rotatable bonds is 10. The Morgan fingerprint density at radius 2 is 0.644 bits per heavy atom. The third-order valence-electron chi connectivity index (χ3n) is 16.1. The van der Waals surface area contributed by atoms with Crippen LogP contribution in [0.15, 0.2) is 261 Å². The quantitative estimate of drug-likeness (QED) is 0.125. The first-order chi connectivity index (χ1) is 43.8. The van der Waals surface area contributed by atoms with Crippen molar-refractivity contribution in [3.63, 3.8) is 0 Å². The van der Waals surface area contributed by atoms with Gasteiger partial charge in [-0.25, -0.2) is 29.9 Å². The molecule has 0 N–H and O–H groups in total. The smallest absolute Gasteiger partial charge is 0.309 e. The fraction of sp³-hybridized carbons (Fsp3) is 0.0267. The molecule has 90 heavy (non-hydrogen) atoms. The average Bonchev–Trinajstić information content (AvgIpc) is 1.58. The molecule has 0 unspecified atom stereocenters. The van der Waals surface area contributed by atoms with E-state index in [1.807, 2.05) is 211 Å². The molecule has 0 spiro atoms. The highest BCUT2D eigenvalue weighted by atomic mass is 19.4. The van der Waals surface area contributed by atoms with Crippen LogP contribution in [0.2, 0.25) is 0 Å². The third kappa shape index (κ3) is 9.91. The number of benzene rings is 11. The van der Waals surface area contributed by atoms with E-state index in [2.05, 4.69) is 16.7 Å². The maximum atomic E-state index is 14.7. The van der Waals surface area contributed by atoms with Gasteiger partial charge >= 0.3 is 12.4 Å². The lowest BCUT2D eigenvalue weighted by Crippen LogP contribution is -2.11. The molecule has 0 aliphatic heterocycles. The number of alkyl halides is 6. The highest BCUT2D eigenvalue weighted by molar-refractivity contribution is 6.13. The fourth-order valence-corrected chi connectivity index (χ4v) is 11.9. The van der Waals surface area contributed by atoms with E-state index in [1.165, 1.54) is 6.07 Å². The van der Waals surface area contributed by atoms with Gasteiger partial charge < -0.3 is 9.13 Å². The number of hydrogen-bond donors (Lipinski definition) is 0. The second kappa shape index (κ2) is 21.8. The van der Waals surface area contributed by atoms with Crippen LogP contribution in [0.4, 0.5) is 26.3 Å². The maximum Gasteiger partial charge on any atom is 0.416 e. The van der Waals surface area contributed by atoms with E-state index in [0.29, 0.717) is 79.6 Å². The van der Waals surface area contributed by atoms with Crippen LogP contribution in [0.3, 0.4) is 0 Å². The summed E-state index contributed by atoms with van der Waals surface area (Å²) in [7, 11) is 0. The molecular formula is C75H43F6N9. The Balaban J connectivity index is 0.965. The van der Waals surface area contributed by atoms with Crippen molar-refractivity contribution in [2.75, 3.05) is 0 Å². The van der Waals surface area contributed by atoms with Crippen molar-refractivity contribution in [2.24, 2.45) is 0 Å². The number of fused-ring (bicyclic) bond motifs is 6. The molecule has 11 aromatic carbocycles. The van der Waals surface area contributed by atoms with Gasteiger partial charge in [0.05, 0.1) is 56.2 Å². The van der Waals surface area contributed by atoms with Gasteiger partial charge in [-0.15, -0.1) is 0 Å². The number of nitrogens with zero attached hydrogens (tertiary/aromatic N) is 9. The SMILES string of the molecule is N#Cc1ccc(-n2c3ccccc3c3cc(-c4nc(-c5ccccc5)nc(-c5ccccc5)n4)ccc32)c(-c2ccc(-c3cc(C(F)(F)F)cc(C(F)(F)F)c3)cc2-n2c3ccccc3c3cc(-c4nc(-c5ccccc5)nc(-c5ccccc5)n4)ccc32)c1. The lowest BCUT2D eigenvalue weighted by atomic mass is 9.93. The Morgan fingerprint density at radius 3 is 1.06 bits per heavy atom. The predicted octanol–water partition coefficient (Wildman–Crippen LogP) is 19.5. The van der Waals surface area contributed by atoms with E-state index in [9.17, 15) is 31.6 Å². The fourth-order valence-electron chi connectivity index (χ4n) is 11.9. The van der Waals surface area contributed by atoms with Gasteiger partial charge in [0.1, 0.15) is 0 Å². The van der Waals surface area contributed by atoms with Crippen molar-refractivity contribution >= 4 is 43.6 Å². The van der Waals surface area contributed by atoms with Gasteiger partial charge in [-0.2, -0.15) is 31.6 Å². The van der Waals surface area contributed by atoms with Crippen molar-refractivity contribution in [3.05, 3.63) is 278 Å². The average molecular weight is 1180 g/mol. The summed E-state index contributed by atoms with van der Waals surface area (Å²) in [6, 6.07) is 80.0. The highest BCUT2D eigenvalue weighted by Gasteiger charge is 2.37. The predicted molar refractivity (Wildman–Crippen MR) is 340 cm³/mol. The largest absolute Gasteiger partial charge is 0.416 e. The molecule has 4 aromatic heterocycles. The van der Waals surface area contributed by atoms with Crippen LogP contribution in [-0.4, -0.2) is 39.0 Å². The van der Waals surface area contributed by atoms with Crippen LogP contribution in [-0.2, 0) is 12.4 Å². The summed E-state index contributed by atoms with van der Waals surface area (Å²) in [6.07, 6.45) is -10.2. The Morgan fingerprint density at radius 1 is 0.278 bits per heavy atom. The van der Waals surface area contributed by atoms with Crippen LogP contribution in [0.25, 0.3) is 146 Å². The van der Waals surface area contributed by atoms with Gasteiger partial charge in [-0.1, -0.05) is 170 Å². The van der Waals surface area contributed by atoms with Crippen LogP contribution in [0.5, 0.6) is 0 Å². The summed E-state index contributed by atoms with van der Waals surface area (Å²) < 4.78 is 92.2. The maximum absolute atomic E-state index is 14.7. The number of aromatic nitrogens is 8. The van der Waals surface area contributed by atoms with E-state index in [1.54, 1.807) is 24.3 Å². The van der Waals surface area contributed by atoms with Crippen molar-refractivity contribution in [1.29, 1.82) is 5.26 Å². The molecule has 0 radical (unpaired) electrons. The molecular weight excluding hydrogens is 1140 g/mol. The van der Waals surface area contributed by atoms with Gasteiger partial charge in [-0.05, 0) is 102 Å². The molecule has 0 atom stereocenters. The van der Waals surface area contributed by atoms with Crippen LogP contribution < -0.4 is 0 Å². The molecule has 0 bridgehead atoms. The standard InChI is InChI=1S/C75H43F6N9/c76-74(77,78)54-38-53(39-55(43-54)75(79,80)81)50-30-33-58(67(42-50)90-63-28-16-14-26-57(63)61-41-52(32-36-66(61)90)73-87-70(48-21-9-3-10-22-48)84-71(88-73)49-23-11-4-12-24-49)59-37-45(44-82)29-34-64(59)89-62-27-15-13-25-56(62)60-40-51(31-35-65(60)89)72-85-68(46-17-5-1-6-18-46)83-69(86-72)47-19-7-2-8-20-47/h1-43H. The second-order valence-corrected chi connectivity index (χ2v) is 21.6. The normalized spacial score (nSPS) is 11.9. The molecule has 15 heteroatoms. The first-order valence-corrected chi connectivity index (χ1v) is 28.6. The Labute approximate surface area is 509 Å². The molecule has 15 aromatic rings. The molecule has 430 valence electrons. The van der Waals surface area contributed by atoms with Gasteiger partial charge in [0.2, 0.25) is 0 Å². The third-order valence-corrected chi connectivity index (χ3v) is 16.1. The summed E-state index contributed by atoms with van der Waals surface area (Å²) in [6.45, 7) is 0. The summed E-state index contributed by atoms with van der Waals surface area (Å²) >= 11 is 0. The number of halogens is 6. The molecule has 0 amide bonds. The minimum absolute atomic E-state index is 0.0755. The van der Waals surface area contributed by atoms with Gasteiger partial charge in [0, 0.05) is 66.1 Å². The highest BCUT2D eigenvalue weighted by Crippen LogP contribution is 2.46. The monoisotopic (exact) mass is 1180 g/mol. The minimum atomic E-state index is -5.11. The summed E-state index contributed by atoms with van der Waals surface area (Å²) in [4.78, 5) is 29.9. The molecule has 0 aliphatic rings. The molecule has 0 fully saturated rings. The zero-order valence-electron chi connectivity index (χ0n) is 47.1. The van der Waals surface area contributed by atoms with Crippen molar-refractivity contribution in [1.82, 2.24) is 39.0 Å². The molecule has 0 aliphatic carbocycles. The number of nitriles is 1. The number of para-hydroxylation sites is 2. The lowest BCUT2D eigenvalue weighted by Gasteiger charge is -2.20. The van der Waals surface area contributed by atoms with Gasteiger partial charge in [0.15, 0.2) is 34.9 Å². The molecule has 15 rings (SSSR count). The Kier molecular flexibility index (Phi) is 13.3. The minimum Gasteiger partial charge on any atom is -0.309 e. The summed E-state index contributed by atoms with van der Waals surface area (Å²) in [5.74, 6) is 2.77. The van der Waals surface area contributed by atoms with Crippen molar-refractivity contribution in [3.8, 4) is 108 Å². The zero-order valence-corrected chi connectivity index (χ0v) is 47.1. The second-order valence-electron chi connectivity index (χ2n) is 21.6. The zero-order chi connectivity index (χ0) is 61.3. The van der Waals surface area contributed by atoms with Crippen LogP contribution in [0.1, 0.15) is 16.7 Å². The summed E-state index contributed by atoms with van der Waals surface area (Å²) in [5.41, 5.74) is 6.71. The topological polar surface area (TPSA) is 111 Å².